The normalized spacial score (nSPS) is 12.8. The topological polar surface area (TPSA) is 37.8 Å². The van der Waals surface area contributed by atoms with Gasteiger partial charge >= 0.3 is 0 Å². The van der Waals surface area contributed by atoms with E-state index in [1.54, 1.807) is 12.5 Å². The van der Waals surface area contributed by atoms with Gasteiger partial charge in [-0.05, 0) is 28.9 Å². The number of nitrogens with zero attached hydrogens (tertiary/aromatic N) is 2. The van der Waals surface area contributed by atoms with E-state index >= 15 is 0 Å². The van der Waals surface area contributed by atoms with Crippen LogP contribution >= 0.6 is 15.9 Å². The fourth-order valence-corrected chi connectivity index (χ4v) is 1.75. The lowest BCUT2D eigenvalue weighted by Crippen LogP contribution is -2.30. The molecule has 0 saturated carbocycles. The molecule has 0 radical (unpaired) electrons. The summed E-state index contributed by atoms with van der Waals surface area (Å²) in [7, 11) is 0. The van der Waals surface area contributed by atoms with Crippen LogP contribution in [0.4, 0.5) is 0 Å². The van der Waals surface area contributed by atoms with Gasteiger partial charge in [0.25, 0.3) is 0 Å². The summed E-state index contributed by atoms with van der Waals surface area (Å²) in [5.41, 5.74) is 1.08. The lowest BCUT2D eigenvalue weighted by atomic mass is 10.1. The van der Waals surface area contributed by atoms with E-state index in [-0.39, 0.29) is 0 Å². The minimum Gasteiger partial charge on any atom is -0.314 e. The van der Waals surface area contributed by atoms with E-state index in [1.165, 1.54) is 0 Å². The summed E-state index contributed by atoms with van der Waals surface area (Å²) in [5, 5.41) is 3.43. The zero-order valence-electron chi connectivity index (χ0n) is 8.63. The van der Waals surface area contributed by atoms with Crippen molar-refractivity contribution >= 4 is 15.9 Å². The molecule has 1 heterocycles. The Kier molecular flexibility index (Phi) is 5.04. The molecular weight excluding hydrogens is 242 g/mol. The predicted molar refractivity (Wildman–Crippen MR) is 61.2 cm³/mol. The second-order valence-corrected chi connectivity index (χ2v) is 4.04. The van der Waals surface area contributed by atoms with Gasteiger partial charge in [0.1, 0.15) is 6.33 Å². The Labute approximate surface area is 93.5 Å². The molecule has 1 aromatic rings. The third-order valence-corrected chi connectivity index (χ3v) is 2.83. The third-order valence-electron chi connectivity index (χ3n) is 2.17. The van der Waals surface area contributed by atoms with Crippen molar-refractivity contribution in [2.24, 2.45) is 0 Å². The summed E-state index contributed by atoms with van der Waals surface area (Å²) in [6.07, 6.45) is 5.46. The van der Waals surface area contributed by atoms with E-state index in [0.717, 1.165) is 29.6 Å². The van der Waals surface area contributed by atoms with Gasteiger partial charge in [-0.3, -0.25) is 0 Å². The molecule has 0 aliphatic heterocycles. The van der Waals surface area contributed by atoms with Crippen LogP contribution in [0.3, 0.4) is 0 Å². The number of hydrogen-bond acceptors (Lipinski definition) is 3. The van der Waals surface area contributed by atoms with Crippen LogP contribution < -0.4 is 5.32 Å². The average Bonchev–Trinajstić information content (AvgIpc) is 2.20. The summed E-state index contributed by atoms with van der Waals surface area (Å²) in [5.74, 6) is 0. The van der Waals surface area contributed by atoms with Crippen molar-refractivity contribution in [3.05, 3.63) is 22.7 Å². The Hall–Kier alpha value is -0.480. The monoisotopic (exact) mass is 257 g/mol. The van der Waals surface area contributed by atoms with Crippen molar-refractivity contribution in [2.75, 3.05) is 6.54 Å². The van der Waals surface area contributed by atoms with E-state index in [1.807, 2.05) is 0 Å². The van der Waals surface area contributed by atoms with Gasteiger partial charge in [-0.25, -0.2) is 9.97 Å². The molecule has 0 bridgehead atoms. The van der Waals surface area contributed by atoms with Crippen LogP contribution in [0, 0.1) is 0 Å². The Bertz CT molecular complexity index is 278. The van der Waals surface area contributed by atoms with Gasteiger partial charge in [0.2, 0.25) is 0 Å². The highest BCUT2D eigenvalue weighted by atomic mass is 79.9. The Morgan fingerprint density at radius 2 is 2.29 bits per heavy atom. The molecule has 0 amide bonds. The van der Waals surface area contributed by atoms with Gasteiger partial charge in [0.15, 0.2) is 0 Å². The van der Waals surface area contributed by atoms with Crippen LogP contribution in [0.1, 0.15) is 26.0 Å². The molecule has 1 unspecified atom stereocenters. The minimum atomic E-state index is 0.506. The van der Waals surface area contributed by atoms with Gasteiger partial charge < -0.3 is 5.32 Å². The number of rotatable bonds is 5. The first-order valence-corrected chi connectivity index (χ1v) is 5.75. The first-order chi connectivity index (χ1) is 6.77. The summed E-state index contributed by atoms with van der Waals surface area (Å²) in [6.45, 7) is 5.31. The third kappa shape index (κ3) is 3.35. The molecule has 1 atom stereocenters. The summed E-state index contributed by atoms with van der Waals surface area (Å²) in [4.78, 5) is 8.20. The highest BCUT2D eigenvalue weighted by Crippen LogP contribution is 2.14. The van der Waals surface area contributed by atoms with Crippen LogP contribution in [-0.4, -0.2) is 22.6 Å². The second-order valence-electron chi connectivity index (χ2n) is 3.18. The highest BCUT2D eigenvalue weighted by molar-refractivity contribution is 9.10. The van der Waals surface area contributed by atoms with Crippen molar-refractivity contribution in [3.8, 4) is 0 Å². The van der Waals surface area contributed by atoms with Gasteiger partial charge in [-0.1, -0.05) is 13.8 Å². The number of halogens is 1. The molecule has 0 spiro atoms. The van der Waals surface area contributed by atoms with Gasteiger partial charge in [-0.2, -0.15) is 0 Å². The first kappa shape index (κ1) is 11.6. The predicted octanol–water partition coefficient (Wildman–Crippen LogP) is 2.17. The van der Waals surface area contributed by atoms with Gasteiger partial charge in [0, 0.05) is 18.7 Å². The smallest absolute Gasteiger partial charge is 0.115 e. The quantitative estimate of drug-likeness (QED) is 0.879. The van der Waals surface area contributed by atoms with Crippen molar-refractivity contribution in [1.29, 1.82) is 0 Å². The standard InChI is InChI=1S/C10H16BrN3/c1-3-8(13-4-2)5-10-9(11)6-12-7-14-10/h6-8,13H,3-5H2,1-2H3. The highest BCUT2D eigenvalue weighted by Gasteiger charge is 2.08. The Morgan fingerprint density at radius 1 is 1.50 bits per heavy atom. The number of likely N-dealkylation sites (N-methyl/N-ethyl adjacent to an activating group) is 1. The van der Waals surface area contributed by atoms with E-state index in [2.05, 4.69) is 45.1 Å². The maximum atomic E-state index is 4.25. The van der Waals surface area contributed by atoms with Crippen LogP contribution in [0.2, 0.25) is 0 Å². The van der Waals surface area contributed by atoms with Gasteiger partial charge in [0.05, 0.1) is 10.2 Å². The molecule has 0 saturated heterocycles. The molecular formula is C10H16BrN3. The zero-order chi connectivity index (χ0) is 10.4. The molecule has 0 aliphatic carbocycles. The lowest BCUT2D eigenvalue weighted by molar-refractivity contribution is 0.504. The van der Waals surface area contributed by atoms with Crippen molar-refractivity contribution in [3.63, 3.8) is 0 Å². The van der Waals surface area contributed by atoms with Crippen LogP contribution in [0.15, 0.2) is 17.0 Å². The van der Waals surface area contributed by atoms with Crippen LogP contribution in [0.25, 0.3) is 0 Å². The second kappa shape index (κ2) is 6.09. The SMILES string of the molecule is CCNC(CC)Cc1ncncc1Br. The molecule has 78 valence electrons. The molecule has 1 aromatic heterocycles. The molecule has 3 nitrogen and oxygen atoms in total. The molecule has 1 N–H and O–H groups in total. The minimum absolute atomic E-state index is 0.506. The van der Waals surface area contributed by atoms with Crippen molar-refractivity contribution in [2.45, 2.75) is 32.7 Å². The Balaban J connectivity index is 2.62. The number of nitrogens with one attached hydrogen (secondary N) is 1. The summed E-state index contributed by atoms with van der Waals surface area (Å²) >= 11 is 3.45. The van der Waals surface area contributed by atoms with E-state index in [0.29, 0.717) is 6.04 Å². The average molecular weight is 258 g/mol. The van der Waals surface area contributed by atoms with E-state index in [4.69, 9.17) is 0 Å². The molecule has 0 aromatic carbocycles. The van der Waals surface area contributed by atoms with Crippen LogP contribution in [0.5, 0.6) is 0 Å². The molecule has 1 rings (SSSR count). The molecule has 4 heteroatoms. The lowest BCUT2D eigenvalue weighted by Gasteiger charge is -2.15. The maximum Gasteiger partial charge on any atom is 0.115 e. The number of hydrogen-bond donors (Lipinski definition) is 1. The molecule has 0 fully saturated rings. The van der Waals surface area contributed by atoms with Crippen LogP contribution in [-0.2, 0) is 6.42 Å². The summed E-state index contributed by atoms with van der Waals surface area (Å²) in [6, 6.07) is 0.506. The zero-order valence-corrected chi connectivity index (χ0v) is 10.2. The number of aromatic nitrogens is 2. The fourth-order valence-electron chi connectivity index (χ4n) is 1.37. The van der Waals surface area contributed by atoms with E-state index in [9.17, 15) is 0 Å². The maximum absolute atomic E-state index is 4.25. The molecule has 14 heavy (non-hydrogen) atoms. The largest absolute Gasteiger partial charge is 0.314 e. The van der Waals surface area contributed by atoms with Crippen molar-refractivity contribution in [1.82, 2.24) is 15.3 Å². The first-order valence-electron chi connectivity index (χ1n) is 4.95. The Morgan fingerprint density at radius 3 is 2.86 bits per heavy atom. The van der Waals surface area contributed by atoms with E-state index < -0.39 is 0 Å². The van der Waals surface area contributed by atoms with Gasteiger partial charge in [-0.15, -0.1) is 0 Å². The fraction of sp³-hybridized carbons (Fsp3) is 0.600. The van der Waals surface area contributed by atoms with Crippen molar-refractivity contribution < 1.29 is 0 Å². The summed E-state index contributed by atoms with van der Waals surface area (Å²) < 4.78 is 0.997. The molecule has 0 aliphatic rings.